The first kappa shape index (κ1) is 12.1. The number of rotatable bonds is 3. The highest BCUT2D eigenvalue weighted by Gasteiger charge is 2.55. The Morgan fingerprint density at radius 1 is 1.42 bits per heavy atom. The second kappa shape index (κ2) is 4.61. The molecule has 2 amide bonds. The molecule has 2 heterocycles. The largest absolute Gasteiger partial charge is 0.376 e. The van der Waals surface area contributed by atoms with Crippen LogP contribution in [0.25, 0.3) is 0 Å². The van der Waals surface area contributed by atoms with Gasteiger partial charge in [-0.2, -0.15) is 15.4 Å². The Bertz CT molecular complexity index is 489. The molecule has 2 fully saturated rings. The van der Waals surface area contributed by atoms with E-state index < -0.39 is 0 Å². The average molecular weight is 265 g/mol. The van der Waals surface area contributed by atoms with Gasteiger partial charge in [-0.1, -0.05) is 0 Å². The Morgan fingerprint density at radius 2 is 2.26 bits per heavy atom. The van der Waals surface area contributed by atoms with E-state index in [1.165, 1.54) is 13.1 Å². The van der Waals surface area contributed by atoms with Crippen molar-refractivity contribution in [1.82, 2.24) is 26.0 Å². The quantitative estimate of drug-likeness (QED) is 0.638. The molecule has 0 spiro atoms. The lowest BCUT2D eigenvalue weighted by Crippen LogP contribution is -2.70. The second-order valence-corrected chi connectivity index (χ2v) is 4.87. The fourth-order valence-electron chi connectivity index (χ4n) is 2.85. The number of fused-ring (bicyclic) bond motifs is 1. The standard InChI is InChI=1S/C11H15N5O3/c1-5(17)13-9-8(6-2-3-19-10(6)9)14-11(18)7-4-12-16-15-7/h4,6,8-10H,2-3H2,1H3,(H,13,17)(H,14,18)(H,12,15,16)/t6-,8+,9-,10-/m1/s1. The fraction of sp³-hybridized carbons (Fsp3) is 0.636. The molecule has 8 heteroatoms. The fourth-order valence-corrected chi connectivity index (χ4v) is 2.85. The summed E-state index contributed by atoms with van der Waals surface area (Å²) in [5.74, 6) is -0.160. The van der Waals surface area contributed by atoms with Crippen LogP contribution < -0.4 is 10.6 Å². The number of hydrogen-bond donors (Lipinski definition) is 3. The van der Waals surface area contributed by atoms with Crippen LogP contribution in [0.2, 0.25) is 0 Å². The van der Waals surface area contributed by atoms with Gasteiger partial charge >= 0.3 is 0 Å². The number of nitrogens with zero attached hydrogens (tertiary/aromatic N) is 2. The van der Waals surface area contributed by atoms with Gasteiger partial charge < -0.3 is 15.4 Å². The van der Waals surface area contributed by atoms with Gasteiger partial charge in [0.05, 0.1) is 24.4 Å². The van der Waals surface area contributed by atoms with Gasteiger partial charge in [0.25, 0.3) is 5.91 Å². The van der Waals surface area contributed by atoms with Gasteiger partial charge in [0.1, 0.15) is 0 Å². The number of hydrogen-bond acceptors (Lipinski definition) is 5. The van der Waals surface area contributed by atoms with E-state index in [2.05, 4.69) is 26.0 Å². The van der Waals surface area contributed by atoms with Gasteiger partial charge in [-0.15, -0.1) is 0 Å². The predicted molar refractivity (Wildman–Crippen MR) is 63.1 cm³/mol. The summed E-state index contributed by atoms with van der Waals surface area (Å²) in [6, 6.07) is -0.276. The minimum Gasteiger partial charge on any atom is -0.376 e. The van der Waals surface area contributed by atoms with Crippen molar-refractivity contribution in [3.05, 3.63) is 11.9 Å². The Hall–Kier alpha value is -1.96. The highest BCUT2D eigenvalue weighted by atomic mass is 16.5. The third-order valence-electron chi connectivity index (χ3n) is 3.70. The minimum atomic E-state index is -0.292. The number of H-pyrrole nitrogens is 1. The monoisotopic (exact) mass is 265 g/mol. The molecule has 3 N–H and O–H groups in total. The van der Waals surface area contributed by atoms with E-state index in [4.69, 9.17) is 4.74 Å². The number of carbonyl (C=O) groups is 2. The molecule has 0 aromatic carbocycles. The van der Waals surface area contributed by atoms with Crippen molar-refractivity contribution >= 4 is 11.8 Å². The van der Waals surface area contributed by atoms with Crippen LogP contribution in [0.15, 0.2) is 6.20 Å². The first-order chi connectivity index (χ1) is 9.16. The summed E-state index contributed by atoms with van der Waals surface area (Å²) in [5.41, 5.74) is 0.240. The zero-order chi connectivity index (χ0) is 13.4. The van der Waals surface area contributed by atoms with Gasteiger partial charge in [0.2, 0.25) is 5.91 Å². The third kappa shape index (κ3) is 2.07. The van der Waals surface area contributed by atoms with Crippen LogP contribution in [0.1, 0.15) is 23.8 Å². The van der Waals surface area contributed by atoms with Crippen LogP contribution in [0.3, 0.4) is 0 Å². The van der Waals surface area contributed by atoms with E-state index in [0.717, 1.165) is 6.42 Å². The van der Waals surface area contributed by atoms with Gasteiger partial charge in [-0.25, -0.2) is 0 Å². The predicted octanol–water partition coefficient (Wildman–Crippen LogP) is -1.17. The normalized spacial score (nSPS) is 32.3. The lowest BCUT2D eigenvalue weighted by Gasteiger charge is -2.47. The summed E-state index contributed by atoms with van der Waals surface area (Å²) in [7, 11) is 0. The van der Waals surface area contributed by atoms with Gasteiger partial charge in [-0.3, -0.25) is 9.59 Å². The van der Waals surface area contributed by atoms with Crippen LogP contribution in [0, 0.1) is 5.92 Å². The van der Waals surface area contributed by atoms with Crippen molar-refractivity contribution in [2.24, 2.45) is 5.92 Å². The first-order valence-corrected chi connectivity index (χ1v) is 6.22. The summed E-state index contributed by atoms with van der Waals surface area (Å²) in [6.07, 6.45) is 2.26. The van der Waals surface area contributed by atoms with Crippen LogP contribution in [-0.2, 0) is 9.53 Å². The molecule has 2 aliphatic rings. The van der Waals surface area contributed by atoms with Crippen LogP contribution in [0.5, 0.6) is 0 Å². The summed E-state index contributed by atoms with van der Waals surface area (Å²) >= 11 is 0. The van der Waals surface area contributed by atoms with Gasteiger partial charge in [0.15, 0.2) is 5.69 Å². The molecule has 0 bridgehead atoms. The lowest BCUT2D eigenvalue weighted by molar-refractivity contribution is -0.123. The number of ether oxygens (including phenoxy) is 1. The maximum atomic E-state index is 11.9. The van der Waals surface area contributed by atoms with Crippen LogP contribution in [0.4, 0.5) is 0 Å². The number of carbonyl (C=O) groups excluding carboxylic acids is 2. The molecule has 19 heavy (non-hydrogen) atoms. The summed E-state index contributed by atoms with van der Waals surface area (Å²) in [5, 5.41) is 15.4. The second-order valence-electron chi connectivity index (χ2n) is 4.87. The number of aromatic nitrogens is 3. The Labute approximate surface area is 109 Å². The molecule has 3 rings (SSSR count). The Balaban J connectivity index is 1.68. The average Bonchev–Trinajstić information content (AvgIpc) is 3.02. The molecule has 1 saturated heterocycles. The number of amides is 2. The highest BCUT2D eigenvalue weighted by molar-refractivity contribution is 5.92. The number of nitrogens with one attached hydrogen (secondary N) is 3. The maximum absolute atomic E-state index is 11.9. The van der Waals surface area contributed by atoms with E-state index in [-0.39, 0.29) is 41.6 Å². The van der Waals surface area contributed by atoms with Crippen LogP contribution in [-0.4, -0.2) is 52.0 Å². The number of aromatic amines is 1. The minimum absolute atomic E-state index is 0.00603. The van der Waals surface area contributed by atoms with E-state index in [9.17, 15) is 9.59 Å². The SMILES string of the molecule is CC(=O)N[C@@H]1[C@@H](NC(=O)c2cn[nH]n2)[C@H]2CCO[C@H]21. The maximum Gasteiger partial charge on any atom is 0.273 e. The van der Waals surface area contributed by atoms with Crippen molar-refractivity contribution < 1.29 is 14.3 Å². The summed E-state index contributed by atoms with van der Waals surface area (Å²) < 4.78 is 5.57. The lowest BCUT2D eigenvalue weighted by atomic mass is 9.71. The zero-order valence-corrected chi connectivity index (χ0v) is 10.4. The Kier molecular flexibility index (Phi) is 2.94. The van der Waals surface area contributed by atoms with Crippen LogP contribution >= 0.6 is 0 Å². The molecule has 1 aliphatic carbocycles. The molecule has 8 nitrogen and oxygen atoms in total. The molecule has 1 saturated carbocycles. The van der Waals surface area contributed by atoms with Crippen molar-refractivity contribution in [2.45, 2.75) is 31.5 Å². The molecule has 1 aromatic heterocycles. The summed E-state index contributed by atoms with van der Waals surface area (Å²) in [6.45, 7) is 2.13. The van der Waals surface area contributed by atoms with E-state index in [0.29, 0.717) is 6.61 Å². The van der Waals surface area contributed by atoms with Crippen molar-refractivity contribution in [3.63, 3.8) is 0 Å². The van der Waals surface area contributed by atoms with Crippen molar-refractivity contribution in [1.29, 1.82) is 0 Å². The third-order valence-corrected chi connectivity index (χ3v) is 3.70. The molecule has 0 radical (unpaired) electrons. The van der Waals surface area contributed by atoms with E-state index >= 15 is 0 Å². The van der Waals surface area contributed by atoms with Gasteiger partial charge in [0, 0.05) is 19.4 Å². The molecule has 0 unspecified atom stereocenters. The molecule has 1 aliphatic heterocycles. The molecule has 1 aromatic rings. The smallest absolute Gasteiger partial charge is 0.273 e. The van der Waals surface area contributed by atoms with E-state index in [1.54, 1.807) is 0 Å². The van der Waals surface area contributed by atoms with E-state index in [1.807, 2.05) is 0 Å². The molecule has 102 valence electrons. The molecule has 4 atom stereocenters. The Morgan fingerprint density at radius 3 is 2.95 bits per heavy atom. The molecular weight excluding hydrogens is 250 g/mol. The van der Waals surface area contributed by atoms with Crippen molar-refractivity contribution in [3.8, 4) is 0 Å². The highest BCUT2D eigenvalue weighted by Crippen LogP contribution is 2.39. The molecular formula is C11H15N5O3. The topological polar surface area (TPSA) is 109 Å². The van der Waals surface area contributed by atoms with Gasteiger partial charge in [-0.05, 0) is 6.42 Å². The zero-order valence-electron chi connectivity index (χ0n) is 10.4. The first-order valence-electron chi connectivity index (χ1n) is 6.22. The van der Waals surface area contributed by atoms with Crippen molar-refractivity contribution in [2.75, 3.05) is 6.61 Å². The summed E-state index contributed by atoms with van der Waals surface area (Å²) in [4.78, 5) is 23.1.